The minimum Gasteiger partial charge on any atom is -0.378 e. The summed E-state index contributed by atoms with van der Waals surface area (Å²) in [6.45, 7) is 4.58. The molecule has 1 aromatic heterocycles. The normalized spacial score (nSPS) is 15.0. The molecule has 1 amide bonds. The Hall–Kier alpha value is -2.26. The minimum absolute atomic E-state index is 0.190. The van der Waals surface area contributed by atoms with E-state index in [1.165, 1.54) is 11.8 Å². The highest BCUT2D eigenvalue weighted by atomic mass is 35.5. The second kappa shape index (κ2) is 9.91. The molecule has 1 unspecified atom stereocenters. The number of anilines is 2. The number of ether oxygens (including phenoxy) is 1. The van der Waals surface area contributed by atoms with Gasteiger partial charge in [-0.05, 0) is 37.3 Å². The number of hydrogen-bond donors (Lipinski definition) is 1. The van der Waals surface area contributed by atoms with E-state index in [1.54, 1.807) is 18.2 Å². The van der Waals surface area contributed by atoms with Crippen molar-refractivity contribution in [3.05, 3.63) is 58.6 Å². The van der Waals surface area contributed by atoms with Crippen LogP contribution in [0.2, 0.25) is 10.0 Å². The van der Waals surface area contributed by atoms with Crippen LogP contribution in [0.5, 0.6) is 0 Å². The average molecular weight is 478 g/mol. The quantitative estimate of drug-likeness (QED) is 0.525. The van der Waals surface area contributed by atoms with E-state index in [-0.39, 0.29) is 5.91 Å². The lowest BCUT2D eigenvalue weighted by Gasteiger charge is -2.28. The van der Waals surface area contributed by atoms with Crippen LogP contribution in [0.15, 0.2) is 53.7 Å². The molecule has 1 aliphatic heterocycles. The number of nitrogens with one attached hydrogen (secondary N) is 1. The molecule has 0 bridgehead atoms. The molecule has 2 heterocycles. The fourth-order valence-corrected chi connectivity index (χ4v) is 4.46. The first-order chi connectivity index (χ1) is 15.0. The molecule has 3 aromatic rings. The van der Waals surface area contributed by atoms with Crippen LogP contribution in [-0.4, -0.2) is 52.2 Å². The highest BCUT2D eigenvalue weighted by Crippen LogP contribution is 2.31. The summed E-state index contributed by atoms with van der Waals surface area (Å²) in [7, 11) is 0. The van der Waals surface area contributed by atoms with E-state index < -0.39 is 5.25 Å². The zero-order valence-electron chi connectivity index (χ0n) is 16.8. The van der Waals surface area contributed by atoms with E-state index >= 15 is 0 Å². The Kier molecular flexibility index (Phi) is 7.02. The lowest BCUT2D eigenvalue weighted by molar-refractivity contribution is -0.115. The number of carbonyl (C=O) groups is 1. The monoisotopic (exact) mass is 477 g/mol. The van der Waals surface area contributed by atoms with Crippen LogP contribution in [0.4, 0.5) is 11.6 Å². The molecule has 1 atom stereocenters. The highest BCUT2D eigenvalue weighted by molar-refractivity contribution is 8.00. The summed E-state index contributed by atoms with van der Waals surface area (Å²) in [6.07, 6.45) is 0. The average Bonchev–Trinajstić information content (AvgIpc) is 3.20. The molecule has 1 fully saturated rings. The first-order valence-electron chi connectivity index (χ1n) is 9.79. The summed E-state index contributed by atoms with van der Waals surface area (Å²) < 4.78 is 7.45. The maximum atomic E-state index is 12.8. The number of para-hydroxylation sites is 1. The Morgan fingerprint density at radius 2 is 1.87 bits per heavy atom. The van der Waals surface area contributed by atoms with Crippen LogP contribution in [0.25, 0.3) is 5.69 Å². The Balaban J connectivity index is 1.57. The van der Waals surface area contributed by atoms with Gasteiger partial charge in [0.2, 0.25) is 11.9 Å². The molecule has 0 spiro atoms. The van der Waals surface area contributed by atoms with Crippen molar-refractivity contribution < 1.29 is 9.53 Å². The van der Waals surface area contributed by atoms with Gasteiger partial charge >= 0.3 is 0 Å². The standard InChI is InChI=1S/C21H21Cl2N5O2S/c1-14(19(29)24-18-8-7-15(22)13-17(18)23)31-21-26-25-20(27-9-11-30-12-10-27)28(21)16-5-3-2-4-6-16/h2-8,13-14H,9-12H2,1H3,(H,24,29). The van der Waals surface area contributed by atoms with Gasteiger partial charge in [-0.3, -0.25) is 9.36 Å². The van der Waals surface area contributed by atoms with Crippen LogP contribution < -0.4 is 10.2 Å². The van der Waals surface area contributed by atoms with E-state index in [0.29, 0.717) is 34.1 Å². The number of carbonyl (C=O) groups excluding carboxylic acids is 1. The molecule has 1 aliphatic rings. The second-order valence-electron chi connectivity index (χ2n) is 6.93. The predicted octanol–water partition coefficient (Wildman–Crippen LogP) is 4.53. The van der Waals surface area contributed by atoms with Gasteiger partial charge in [0.15, 0.2) is 5.16 Å². The second-order valence-corrected chi connectivity index (χ2v) is 9.08. The summed E-state index contributed by atoms with van der Waals surface area (Å²) in [6, 6.07) is 14.8. The van der Waals surface area contributed by atoms with Gasteiger partial charge in [0.1, 0.15) is 0 Å². The van der Waals surface area contributed by atoms with Crippen LogP contribution in [0.1, 0.15) is 6.92 Å². The van der Waals surface area contributed by atoms with Crippen molar-refractivity contribution in [3.63, 3.8) is 0 Å². The van der Waals surface area contributed by atoms with Crippen molar-refractivity contribution >= 4 is 52.5 Å². The van der Waals surface area contributed by atoms with Crippen LogP contribution >= 0.6 is 35.0 Å². The largest absolute Gasteiger partial charge is 0.378 e. The van der Waals surface area contributed by atoms with Gasteiger partial charge in [0, 0.05) is 18.1 Å². The topological polar surface area (TPSA) is 72.3 Å². The van der Waals surface area contributed by atoms with Gasteiger partial charge in [-0.25, -0.2) is 0 Å². The molecule has 1 N–H and O–H groups in total. The number of morpholine rings is 1. The first kappa shape index (κ1) is 22.0. The van der Waals surface area contributed by atoms with Crippen molar-refractivity contribution in [1.29, 1.82) is 0 Å². The summed E-state index contributed by atoms with van der Waals surface area (Å²) in [4.78, 5) is 14.9. The number of benzene rings is 2. The van der Waals surface area contributed by atoms with E-state index in [4.69, 9.17) is 27.9 Å². The molecule has 162 valence electrons. The van der Waals surface area contributed by atoms with Gasteiger partial charge in [0.05, 0.1) is 34.9 Å². The summed E-state index contributed by atoms with van der Waals surface area (Å²) in [5, 5.41) is 12.8. The summed E-state index contributed by atoms with van der Waals surface area (Å²) in [5.74, 6) is 0.551. The molecule has 31 heavy (non-hydrogen) atoms. The van der Waals surface area contributed by atoms with Crippen molar-refractivity contribution in [2.75, 3.05) is 36.5 Å². The molecule has 7 nitrogen and oxygen atoms in total. The maximum absolute atomic E-state index is 12.8. The zero-order chi connectivity index (χ0) is 21.8. The summed E-state index contributed by atoms with van der Waals surface area (Å²) >= 11 is 13.5. The Morgan fingerprint density at radius 3 is 2.58 bits per heavy atom. The van der Waals surface area contributed by atoms with E-state index in [0.717, 1.165) is 24.7 Å². The molecule has 0 aliphatic carbocycles. The number of hydrogen-bond acceptors (Lipinski definition) is 6. The molecule has 10 heteroatoms. The molecular weight excluding hydrogens is 457 g/mol. The predicted molar refractivity (Wildman–Crippen MR) is 125 cm³/mol. The number of halogens is 2. The maximum Gasteiger partial charge on any atom is 0.237 e. The smallest absolute Gasteiger partial charge is 0.237 e. The zero-order valence-corrected chi connectivity index (χ0v) is 19.1. The van der Waals surface area contributed by atoms with Gasteiger partial charge in [-0.2, -0.15) is 0 Å². The number of amides is 1. The molecular formula is C21H21Cl2N5O2S. The number of thioether (sulfide) groups is 1. The number of aromatic nitrogens is 3. The Morgan fingerprint density at radius 1 is 1.13 bits per heavy atom. The van der Waals surface area contributed by atoms with Gasteiger partial charge in [-0.15, -0.1) is 10.2 Å². The van der Waals surface area contributed by atoms with Crippen molar-refractivity contribution in [1.82, 2.24) is 14.8 Å². The van der Waals surface area contributed by atoms with Crippen molar-refractivity contribution in [2.24, 2.45) is 0 Å². The highest BCUT2D eigenvalue weighted by Gasteiger charge is 2.25. The van der Waals surface area contributed by atoms with Gasteiger partial charge in [0.25, 0.3) is 0 Å². The van der Waals surface area contributed by atoms with E-state index in [9.17, 15) is 4.79 Å². The number of rotatable bonds is 6. The minimum atomic E-state index is -0.434. The van der Waals surface area contributed by atoms with E-state index in [1.807, 2.05) is 41.8 Å². The Labute approximate surface area is 194 Å². The fourth-order valence-electron chi connectivity index (χ4n) is 3.15. The third-order valence-electron chi connectivity index (χ3n) is 4.77. The van der Waals surface area contributed by atoms with Gasteiger partial charge < -0.3 is 15.0 Å². The number of nitrogens with zero attached hydrogens (tertiary/aromatic N) is 4. The van der Waals surface area contributed by atoms with Crippen molar-refractivity contribution in [2.45, 2.75) is 17.3 Å². The van der Waals surface area contributed by atoms with Crippen LogP contribution in [0.3, 0.4) is 0 Å². The molecule has 0 saturated carbocycles. The first-order valence-corrected chi connectivity index (χ1v) is 11.4. The third kappa shape index (κ3) is 5.15. The lowest BCUT2D eigenvalue weighted by Crippen LogP contribution is -2.37. The van der Waals surface area contributed by atoms with Crippen LogP contribution in [-0.2, 0) is 9.53 Å². The van der Waals surface area contributed by atoms with Crippen LogP contribution in [0, 0.1) is 0 Å². The molecule has 1 saturated heterocycles. The van der Waals surface area contributed by atoms with E-state index in [2.05, 4.69) is 20.4 Å². The third-order valence-corrected chi connectivity index (χ3v) is 6.36. The molecule has 0 radical (unpaired) electrons. The van der Waals surface area contributed by atoms with Gasteiger partial charge in [-0.1, -0.05) is 53.2 Å². The summed E-state index contributed by atoms with van der Waals surface area (Å²) in [5.41, 5.74) is 1.45. The molecule has 4 rings (SSSR count). The lowest BCUT2D eigenvalue weighted by atomic mass is 10.3. The Bertz CT molecular complexity index is 1060. The van der Waals surface area contributed by atoms with Crippen molar-refractivity contribution in [3.8, 4) is 5.69 Å². The molecule has 2 aromatic carbocycles. The fraction of sp³-hybridized carbons (Fsp3) is 0.286. The SMILES string of the molecule is CC(Sc1nnc(N2CCOCC2)n1-c1ccccc1)C(=O)Nc1ccc(Cl)cc1Cl.